The number of nitrogens with one attached hydrogen (secondary N) is 1. The molecular weight excluding hydrogens is 431 g/mol. The zero-order valence-electron chi connectivity index (χ0n) is 18.8. The van der Waals surface area contributed by atoms with Gasteiger partial charge in [0.25, 0.3) is 0 Å². The molecule has 0 aromatic heterocycles. The molecule has 0 spiro atoms. The number of hydrogen-bond acceptors (Lipinski definition) is 3. The van der Waals surface area contributed by atoms with Gasteiger partial charge in [0.1, 0.15) is 11.3 Å². The lowest BCUT2D eigenvalue weighted by molar-refractivity contribution is -0.145. The highest BCUT2D eigenvalue weighted by Crippen LogP contribution is 2.42. The smallest absolute Gasteiger partial charge is 0.420 e. The fourth-order valence-corrected chi connectivity index (χ4v) is 4.86. The number of aliphatic carboxylic acids is 1. The fourth-order valence-electron chi connectivity index (χ4n) is 4.86. The number of carboxylic acid groups (broad SMARTS) is 1. The van der Waals surface area contributed by atoms with Crippen molar-refractivity contribution in [2.45, 2.75) is 63.7 Å². The van der Waals surface area contributed by atoms with Crippen LogP contribution in [0.3, 0.4) is 0 Å². The highest BCUT2D eigenvalue weighted by atomic mass is 19.4. The van der Waals surface area contributed by atoms with Crippen LogP contribution in [0.5, 0.6) is 5.75 Å². The van der Waals surface area contributed by atoms with Crippen molar-refractivity contribution in [1.82, 2.24) is 5.32 Å². The van der Waals surface area contributed by atoms with Crippen LogP contribution in [0, 0.1) is 11.8 Å². The lowest BCUT2D eigenvalue weighted by Gasteiger charge is -2.35. The number of hydrogen-bond donors (Lipinski definition) is 2. The molecule has 4 nitrogen and oxygen atoms in total. The summed E-state index contributed by atoms with van der Waals surface area (Å²) in [6.07, 6.45) is 0.117. The number of halogens is 3. The Morgan fingerprint density at radius 1 is 1.21 bits per heavy atom. The van der Waals surface area contributed by atoms with Crippen molar-refractivity contribution in [2.24, 2.45) is 11.8 Å². The third-order valence-corrected chi connectivity index (χ3v) is 7.05. The van der Waals surface area contributed by atoms with Gasteiger partial charge >= 0.3 is 12.1 Å². The summed E-state index contributed by atoms with van der Waals surface area (Å²) in [5.41, 5.74) is 1.20. The van der Waals surface area contributed by atoms with Crippen LogP contribution in [0.25, 0.3) is 10.8 Å². The summed E-state index contributed by atoms with van der Waals surface area (Å²) in [5.74, 6) is -1.03. The molecule has 0 heterocycles. The van der Waals surface area contributed by atoms with E-state index in [0.29, 0.717) is 18.2 Å². The van der Waals surface area contributed by atoms with Gasteiger partial charge in [-0.25, -0.2) is 0 Å². The molecule has 2 aromatic rings. The molecular formula is C26H30F3NO3. The Kier molecular flexibility index (Phi) is 6.71. The van der Waals surface area contributed by atoms with Gasteiger partial charge in [-0.1, -0.05) is 30.4 Å². The van der Waals surface area contributed by atoms with Crippen molar-refractivity contribution >= 4 is 16.7 Å². The van der Waals surface area contributed by atoms with Gasteiger partial charge < -0.3 is 15.2 Å². The predicted octanol–water partition coefficient (Wildman–Crippen LogP) is 6.50. The van der Waals surface area contributed by atoms with Gasteiger partial charge in [-0.05, 0) is 79.8 Å². The number of allylic oxidation sites excluding steroid dienone is 1. The molecule has 4 rings (SSSR count). The minimum absolute atomic E-state index is 0.0557. The van der Waals surface area contributed by atoms with E-state index in [1.54, 1.807) is 18.2 Å². The third-order valence-electron chi connectivity index (χ3n) is 7.05. The number of fused-ring (bicyclic) bond motifs is 1. The van der Waals surface area contributed by atoms with Crippen molar-refractivity contribution in [3.63, 3.8) is 0 Å². The largest absolute Gasteiger partial charge is 0.493 e. The number of alkyl halides is 3. The van der Waals surface area contributed by atoms with Gasteiger partial charge in [0.05, 0.1) is 12.5 Å². The topological polar surface area (TPSA) is 58.6 Å². The van der Waals surface area contributed by atoms with E-state index >= 15 is 0 Å². The van der Waals surface area contributed by atoms with E-state index in [1.165, 1.54) is 11.6 Å². The van der Waals surface area contributed by atoms with Gasteiger partial charge in [-0.3, -0.25) is 4.79 Å². The first-order valence-corrected chi connectivity index (χ1v) is 11.5. The fraction of sp³-hybridized carbons (Fsp3) is 0.500. The van der Waals surface area contributed by atoms with E-state index in [0.717, 1.165) is 31.2 Å². The highest BCUT2D eigenvalue weighted by molar-refractivity contribution is 5.89. The Hall–Kier alpha value is -2.54. The van der Waals surface area contributed by atoms with E-state index in [-0.39, 0.29) is 41.7 Å². The molecule has 0 amide bonds. The average molecular weight is 462 g/mol. The Bertz CT molecular complexity index is 1030. The third kappa shape index (κ3) is 5.35. The molecule has 1 unspecified atom stereocenters. The maximum Gasteiger partial charge on any atom is 0.420 e. The second kappa shape index (κ2) is 9.37. The molecule has 33 heavy (non-hydrogen) atoms. The summed E-state index contributed by atoms with van der Waals surface area (Å²) >= 11 is 0. The lowest BCUT2D eigenvalue weighted by Crippen LogP contribution is -2.45. The van der Waals surface area contributed by atoms with Gasteiger partial charge in [-0.2, -0.15) is 13.2 Å². The zero-order valence-corrected chi connectivity index (χ0v) is 18.8. The van der Waals surface area contributed by atoms with Crippen molar-refractivity contribution < 1.29 is 27.8 Å². The van der Waals surface area contributed by atoms with Crippen molar-refractivity contribution in [1.29, 1.82) is 0 Å². The molecule has 0 saturated heterocycles. The first-order valence-electron chi connectivity index (χ1n) is 11.5. The molecule has 2 aliphatic rings. The molecule has 0 radical (unpaired) electrons. The maximum absolute atomic E-state index is 14.2. The van der Waals surface area contributed by atoms with Gasteiger partial charge in [-0.15, -0.1) is 0 Å². The van der Waals surface area contributed by atoms with E-state index in [4.69, 9.17) is 9.84 Å². The summed E-state index contributed by atoms with van der Waals surface area (Å²) in [7, 11) is 0. The summed E-state index contributed by atoms with van der Waals surface area (Å²) in [4.78, 5) is 11.0. The van der Waals surface area contributed by atoms with E-state index in [1.807, 2.05) is 13.0 Å². The SMILES string of the molecule is C=C1CCC(COc2ccc3ccc(C(C)NC4CC(C(=O)O)C4)cc3c2C(F)(F)F)CC1. The van der Waals surface area contributed by atoms with Crippen LogP contribution in [0.4, 0.5) is 13.2 Å². The van der Waals surface area contributed by atoms with Crippen LogP contribution in [0.1, 0.15) is 62.6 Å². The molecule has 2 aromatic carbocycles. The summed E-state index contributed by atoms with van der Waals surface area (Å²) < 4.78 is 48.2. The highest BCUT2D eigenvalue weighted by Gasteiger charge is 2.38. The number of carbonyl (C=O) groups is 1. The molecule has 0 aliphatic heterocycles. The van der Waals surface area contributed by atoms with Crippen LogP contribution < -0.4 is 10.1 Å². The normalized spacial score (nSPS) is 22.7. The number of benzene rings is 2. The van der Waals surface area contributed by atoms with Crippen molar-refractivity contribution in [3.05, 3.63) is 53.6 Å². The molecule has 7 heteroatoms. The van der Waals surface area contributed by atoms with Gasteiger partial charge in [0.2, 0.25) is 0 Å². The minimum atomic E-state index is -4.55. The first-order chi connectivity index (χ1) is 15.6. The Morgan fingerprint density at radius 3 is 2.52 bits per heavy atom. The van der Waals surface area contributed by atoms with Crippen molar-refractivity contribution in [2.75, 3.05) is 6.61 Å². The first kappa shape index (κ1) is 23.6. The Morgan fingerprint density at radius 2 is 1.88 bits per heavy atom. The lowest BCUT2D eigenvalue weighted by atomic mass is 9.80. The minimum Gasteiger partial charge on any atom is -0.493 e. The van der Waals surface area contributed by atoms with Gasteiger partial charge in [0, 0.05) is 12.1 Å². The monoisotopic (exact) mass is 461 g/mol. The average Bonchev–Trinajstić information content (AvgIpc) is 2.73. The summed E-state index contributed by atoms with van der Waals surface area (Å²) in [6.45, 7) is 6.15. The van der Waals surface area contributed by atoms with Crippen LogP contribution in [0.2, 0.25) is 0 Å². The number of carboxylic acids is 1. The summed E-state index contributed by atoms with van der Waals surface area (Å²) in [6, 6.07) is 8.07. The van der Waals surface area contributed by atoms with Crippen LogP contribution >= 0.6 is 0 Å². The van der Waals surface area contributed by atoms with E-state index in [2.05, 4.69) is 11.9 Å². The van der Waals surface area contributed by atoms with Gasteiger partial charge in [0.15, 0.2) is 0 Å². The predicted molar refractivity (Wildman–Crippen MR) is 121 cm³/mol. The summed E-state index contributed by atoms with van der Waals surface area (Å²) in [5, 5.41) is 13.0. The Balaban J connectivity index is 1.55. The Labute approximate surface area is 191 Å². The molecule has 1 atom stereocenters. The molecule has 2 aliphatic carbocycles. The van der Waals surface area contributed by atoms with E-state index in [9.17, 15) is 18.0 Å². The molecule has 2 fully saturated rings. The second-order valence-electron chi connectivity index (χ2n) is 9.51. The molecule has 2 N–H and O–H groups in total. The second-order valence-corrected chi connectivity index (χ2v) is 9.51. The molecule has 2 saturated carbocycles. The zero-order chi connectivity index (χ0) is 23.8. The standard InChI is InChI=1S/C26H30F3NO3/c1-15-3-5-17(6-4-15)14-33-23-10-9-18-7-8-19(13-22(18)24(23)26(27,28)29)16(2)30-21-11-20(12-21)25(31)32/h7-10,13,16-17,20-21,30H,1,3-6,11-12,14H2,2H3,(H,31,32). The quantitative estimate of drug-likeness (QED) is 0.462. The molecule has 0 bridgehead atoms. The maximum atomic E-state index is 14.2. The number of ether oxygens (including phenoxy) is 1. The van der Waals surface area contributed by atoms with Crippen molar-refractivity contribution in [3.8, 4) is 5.75 Å². The van der Waals surface area contributed by atoms with E-state index < -0.39 is 17.7 Å². The van der Waals surface area contributed by atoms with Crippen LogP contribution in [-0.4, -0.2) is 23.7 Å². The number of rotatable bonds is 7. The van der Waals surface area contributed by atoms with Crippen LogP contribution in [-0.2, 0) is 11.0 Å². The molecule has 178 valence electrons. The van der Waals surface area contributed by atoms with Crippen LogP contribution in [0.15, 0.2) is 42.5 Å².